The molecule has 3 aromatic rings. The third-order valence-electron chi connectivity index (χ3n) is 4.73. The highest BCUT2D eigenvalue weighted by molar-refractivity contribution is 5.79. The Hall–Kier alpha value is -3.03. The number of nitrogens with zero attached hydrogens (tertiary/aromatic N) is 4. The van der Waals surface area contributed by atoms with E-state index in [-0.39, 0.29) is 24.1 Å². The fourth-order valence-electron chi connectivity index (χ4n) is 3.13. The van der Waals surface area contributed by atoms with Gasteiger partial charge in [0.25, 0.3) is 5.78 Å². The fraction of sp³-hybridized carbons (Fsp3) is 0.368. The minimum absolute atomic E-state index is 0.137. The summed E-state index contributed by atoms with van der Waals surface area (Å²) in [5, 5.41) is 7.01. The predicted molar refractivity (Wildman–Crippen MR) is 101 cm³/mol. The molecule has 0 fully saturated rings. The van der Waals surface area contributed by atoms with Crippen LogP contribution >= 0.6 is 0 Å². The van der Waals surface area contributed by atoms with Gasteiger partial charge in [0.2, 0.25) is 11.9 Å². The SMILES string of the molecule is Cc1nc2nc(N)nn2c(C)c1CC(=O)NCC(C)(C)c1ccccc1F. The molecule has 8 heteroatoms. The summed E-state index contributed by atoms with van der Waals surface area (Å²) in [6.45, 7) is 7.78. The summed E-state index contributed by atoms with van der Waals surface area (Å²) in [6.07, 6.45) is 0.147. The van der Waals surface area contributed by atoms with Crippen LogP contribution in [0.3, 0.4) is 0 Å². The quantitative estimate of drug-likeness (QED) is 0.717. The van der Waals surface area contributed by atoms with Gasteiger partial charge in [0.05, 0.1) is 6.42 Å². The molecule has 142 valence electrons. The van der Waals surface area contributed by atoms with Gasteiger partial charge in [-0.1, -0.05) is 32.0 Å². The van der Waals surface area contributed by atoms with E-state index in [0.29, 0.717) is 23.6 Å². The highest BCUT2D eigenvalue weighted by Gasteiger charge is 2.25. The number of nitrogen functional groups attached to an aromatic ring is 1. The molecule has 0 aliphatic heterocycles. The maximum Gasteiger partial charge on any atom is 0.254 e. The number of hydrogen-bond acceptors (Lipinski definition) is 5. The van der Waals surface area contributed by atoms with Crippen LogP contribution in [0.25, 0.3) is 5.78 Å². The van der Waals surface area contributed by atoms with Gasteiger partial charge in [-0.25, -0.2) is 9.37 Å². The summed E-state index contributed by atoms with van der Waals surface area (Å²) in [5.74, 6) is 0.104. The molecule has 0 radical (unpaired) electrons. The number of nitrogens with one attached hydrogen (secondary N) is 1. The molecule has 0 spiro atoms. The minimum Gasteiger partial charge on any atom is -0.366 e. The van der Waals surface area contributed by atoms with Crippen LogP contribution in [0.5, 0.6) is 0 Å². The van der Waals surface area contributed by atoms with Gasteiger partial charge in [0.15, 0.2) is 0 Å². The lowest BCUT2D eigenvalue weighted by atomic mass is 9.84. The summed E-state index contributed by atoms with van der Waals surface area (Å²) in [5.41, 5.74) is 7.91. The van der Waals surface area contributed by atoms with Crippen molar-refractivity contribution in [2.75, 3.05) is 12.3 Å². The Labute approximate surface area is 156 Å². The molecular formula is C19H23FN6O. The number of aromatic nitrogens is 4. The maximum absolute atomic E-state index is 14.1. The summed E-state index contributed by atoms with van der Waals surface area (Å²) in [4.78, 5) is 20.9. The molecule has 7 nitrogen and oxygen atoms in total. The Kier molecular flexibility index (Phi) is 4.82. The lowest BCUT2D eigenvalue weighted by Gasteiger charge is -2.26. The normalized spacial score (nSPS) is 11.7. The Morgan fingerprint density at radius 1 is 1.26 bits per heavy atom. The Balaban J connectivity index is 1.75. The number of hydrogen-bond donors (Lipinski definition) is 2. The highest BCUT2D eigenvalue weighted by Crippen LogP contribution is 2.25. The van der Waals surface area contributed by atoms with Gasteiger partial charge in [-0.05, 0) is 25.5 Å². The van der Waals surface area contributed by atoms with E-state index in [4.69, 9.17) is 5.73 Å². The van der Waals surface area contributed by atoms with Gasteiger partial charge in [-0.2, -0.15) is 9.50 Å². The molecule has 0 aliphatic rings. The monoisotopic (exact) mass is 370 g/mol. The van der Waals surface area contributed by atoms with E-state index in [1.807, 2.05) is 27.7 Å². The van der Waals surface area contributed by atoms with Crippen LogP contribution in [0, 0.1) is 19.7 Å². The summed E-state index contributed by atoms with van der Waals surface area (Å²) in [6, 6.07) is 6.61. The summed E-state index contributed by atoms with van der Waals surface area (Å²) in [7, 11) is 0. The lowest BCUT2D eigenvalue weighted by molar-refractivity contribution is -0.120. The average molecular weight is 370 g/mol. The van der Waals surface area contributed by atoms with Crippen molar-refractivity contribution in [1.29, 1.82) is 0 Å². The molecule has 0 aliphatic carbocycles. The predicted octanol–water partition coefficient (Wildman–Crippen LogP) is 2.10. The minimum atomic E-state index is -0.534. The molecular weight excluding hydrogens is 347 g/mol. The van der Waals surface area contributed by atoms with Crippen molar-refractivity contribution in [3.63, 3.8) is 0 Å². The first-order valence-electron chi connectivity index (χ1n) is 8.69. The summed E-state index contributed by atoms with van der Waals surface area (Å²) < 4.78 is 15.6. The van der Waals surface area contributed by atoms with E-state index in [9.17, 15) is 9.18 Å². The molecule has 3 N–H and O–H groups in total. The van der Waals surface area contributed by atoms with E-state index in [1.54, 1.807) is 18.2 Å². The second-order valence-electron chi connectivity index (χ2n) is 7.26. The van der Waals surface area contributed by atoms with Crippen LogP contribution in [-0.4, -0.2) is 32.0 Å². The molecule has 0 bridgehead atoms. The van der Waals surface area contributed by atoms with E-state index < -0.39 is 5.41 Å². The number of amides is 1. The van der Waals surface area contributed by atoms with Gasteiger partial charge in [0.1, 0.15) is 5.82 Å². The molecule has 3 rings (SSSR count). The molecule has 0 saturated heterocycles. The molecule has 27 heavy (non-hydrogen) atoms. The second kappa shape index (κ2) is 6.94. The van der Waals surface area contributed by atoms with Gasteiger partial charge in [-0.3, -0.25) is 4.79 Å². The molecule has 1 amide bonds. The molecule has 2 heterocycles. The third kappa shape index (κ3) is 3.74. The van der Waals surface area contributed by atoms with E-state index in [0.717, 1.165) is 11.3 Å². The van der Waals surface area contributed by atoms with Crippen molar-refractivity contribution in [2.24, 2.45) is 0 Å². The number of aryl methyl sites for hydroxylation is 2. The van der Waals surface area contributed by atoms with E-state index in [1.165, 1.54) is 10.6 Å². The number of halogens is 1. The first kappa shape index (κ1) is 18.8. The number of benzene rings is 1. The highest BCUT2D eigenvalue weighted by atomic mass is 19.1. The fourth-order valence-corrected chi connectivity index (χ4v) is 3.13. The lowest BCUT2D eigenvalue weighted by Crippen LogP contribution is -2.38. The number of anilines is 1. The molecule has 2 aromatic heterocycles. The first-order valence-corrected chi connectivity index (χ1v) is 8.69. The first-order chi connectivity index (χ1) is 12.7. The van der Waals surface area contributed by atoms with E-state index >= 15 is 0 Å². The number of nitrogens with two attached hydrogens (primary N) is 1. The van der Waals surface area contributed by atoms with Crippen molar-refractivity contribution in [3.8, 4) is 0 Å². The number of carbonyl (C=O) groups is 1. The maximum atomic E-state index is 14.1. The van der Waals surface area contributed by atoms with Crippen LogP contribution in [0.15, 0.2) is 24.3 Å². The van der Waals surface area contributed by atoms with Gasteiger partial charge >= 0.3 is 0 Å². The Morgan fingerprint density at radius 2 is 1.96 bits per heavy atom. The standard InChI is InChI=1S/C19H23FN6O/c1-11-13(12(2)26-18(23-11)24-17(21)25-26)9-16(27)22-10-19(3,4)14-7-5-6-8-15(14)20/h5-8H,9-10H2,1-4H3,(H2,21,25)(H,22,27). The number of fused-ring (bicyclic) bond motifs is 1. The van der Waals surface area contributed by atoms with Crippen molar-refractivity contribution in [3.05, 3.63) is 52.6 Å². The largest absolute Gasteiger partial charge is 0.366 e. The topological polar surface area (TPSA) is 98.2 Å². The van der Waals surface area contributed by atoms with Crippen molar-refractivity contribution < 1.29 is 9.18 Å². The van der Waals surface area contributed by atoms with Crippen LogP contribution < -0.4 is 11.1 Å². The third-order valence-corrected chi connectivity index (χ3v) is 4.73. The molecule has 1 aromatic carbocycles. The second-order valence-corrected chi connectivity index (χ2v) is 7.26. The zero-order valence-corrected chi connectivity index (χ0v) is 15.9. The molecule has 0 saturated carbocycles. The van der Waals surface area contributed by atoms with Crippen molar-refractivity contribution >= 4 is 17.6 Å². The van der Waals surface area contributed by atoms with Crippen LogP contribution in [-0.2, 0) is 16.6 Å². The number of rotatable bonds is 5. The number of carbonyl (C=O) groups excluding carboxylic acids is 1. The zero-order chi connectivity index (χ0) is 19.8. The summed E-state index contributed by atoms with van der Waals surface area (Å²) >= 11 is 0. The van der Waals surface area contributed by atoms with Crippen LogP contribution in [0.4, 0.5) is 10.3 Å². The molecule has 0 unspecified atom stereocenters. The smallest absolute Gasteiger partial charge is 0.254 e. The van der Waals surface area contributed by atoms with Gasteiger partial charge in [-0.15, -0.1) is 5.10 Å². The van der Waals surface area contributed by atoms with Crippen LogP contribution in [0.2, 0.25) is 0 Å². The van der Waals surface area contributed by atoms with Gasteiger partial charge in [0, 0.05) is 28.9 Å². The van der Waals surface area contributed by atoms with Crippen molar-refractivity contribution in [2.45, 2.75) is 39.5 Å². The van der Waals surface area contributed by atoms with E-state index in [2.05, 4.69) is 20.4 Å². The Bertz CT molecular complexity index is 1010. The van der Waals surface area contributed by atoms with Gasteiger partial charge < -0.3 is 11.1 Å². The molecule has 0 atom stereocenters. The zero-order valence-electron chi connectivity index (χ0n) is 15.9. The Morgan fingerprint density at radius 3 is 2.67 bits per heavy atom. The van der Waals surface area contributed by atoms with Crippen LogP contribution in [0.1, 0.15) is 36.4 Å². The van der Waals surface area contributed by atoms with Crippen molar-refractivity contribution in [1.82, 2.24) is 24.9 Å². The average Bonchev–Trinajstić information content (AvgIpc) is 2.97.